The van der Waals surface area contributed by atoms with Gasteiger partial charge in [-0.15, -0.1) is 0 Å². The standard InChI is InChI=1S/C28H29ClO3S/c1-2-31-28(30)27(32-24-14-8-21(9-15-24)20-6-4-3-5-7-20)22-10-16-25(17-11-22)33-26-18-12-23(29)13-19-26/h8-20,27H,2-7H2,1H3. The molecule has 1 aliphatic carbocycles. The first-order valence-corrected chi connectivity index (χ1v) is 12.8. The number of carbonyl (C=O) groups is 1. The maximum atomic E-state index is 12.7. The lowest BCUT2D eigenvalue weighted by Crippen LogP contribution is -2.21. The number of hydrogen-bond acceptors (Lipinski definition) is 4. The van der Waals surface area contributed by atoms with Crippen LogP contribution in [0.15, 0.2) is 82.6 Å². The number of halogens is 1. The number of rotatable bonds is 8. The third-order valence-electron chi connectivity index (χ3n) is 5.94. The molecule has 0 aromatic heterocycles. The van der Waals surface area contributed by atoms with E-state index in [9.17, 15) is 4.79 Å². The number of esters is 1. The van der Waals surface area contributed by atoms with Crippen LogP contribution in [0.2, 0.25) is 5.02 Å². The molecule has 172 valence electrons. The fourth-order valence-electron chi connectivity index (χ4n) is 4.21. The summed E-state index contributed by atoms with van der Waals surface area (Å²) in [6, 6.07) is 23.8. The summed E-state index contributed by atoms with van der Waals surface area (Å²) >= 11 is 7.61. The molecule has 1 fully saturated rings. The van der Waals surface area contributed by atoms with Crippen LogP contribution in [0.1, 0.15) is 62.2 Å². The molecule has 1 aliphatic rings. The third-order valence-corrected chi connectivity index (χ3v) is 7.21. The summed E-state index contributed by atoms with van der Waals surface area (Å²) in [7, 11) is 0. The number of benzene rings is 3. The lowest BCUT2D eigenvalue weighted by Gasteiger charge is -2.23. The Balaban J connectivity index is 1.47. The van der Waals surface area contributed by atoms with Gasteiger partial charge in [0.1, 0.15) is 5.75 Å². The highest BCUT2D eigenvalue weighted by Crippen LogP contribution is 2.34. The average molecular weight is 481 g/mol. The zero-order valence-electron chi connectivity index (χ0n) is 18.8. The summed E-state index contributed by atoms with van der Waals surface area (Å²) in [6.45, 7) is 2.11. The smallest absolute Gasteiger partial charge is 0.352 e. The van der Waals surface area contributed by atoms with Crippen LogP contribution in [-0.4, -0.2) is 12.6 Å². The molecule has 0 spiro atoms. The van der Waals surface area contributed by atoms with Gasteiger partial charge in [-0.2, -0.15) is 0 Å². The van der Waals surface area contributed by atoms with E-state index in [1.54, 1.807) is 18.7 Å². The second kappa shape index (κ2) is 11.6. The van der Waals surface area contributed by atoms with Crippen molar-refractivity contribution in [2.45, 2.75) is 60.8 Å². The van der Waals surface area contributed by atoms with Crippen molar-refractivity contribution < 1.29 is 14.3 Å². The molecule has 33 heavy (non-hydrogen) atoms. The summed E-state index contributed by atoms with van der Waals surface area (Å²) in [6.07, 6.45) is 5.66. The van der Waals surface area contributed by atoms with Gasteiger partial charge in [-0.1, -0.05) is 66.9 Å². The van der Waals surface area contributed by atoms with Gasteiger partial charge in [0.25, 0.3) is 0 Å². The van der Waals surface area contributed by atoms with E-state index >= 15 is 0 Å². The van der Waals surface area contributed by atoms with Crippen LogP contribution in [0, 0.1) is 0 Å². The summed E-state index contributed by atoms with van der Waals surface area (Å²) in [5, 5.41) is 0.718. The topological polar surface area (TPSA) is 35.5 Å². The summed E-state index contributed by atoms with van der Waals surface area (Å²) < 4.78 is 11.4. The molecule has 3 nitrogen and oxygen atoms in total. The highest BCUT2D eigenvalue weighted by molar-refractivity contribution is 7.99. The van der Waals surface area contributed by atoms with E-state index in [1.165, 1.54) is 37.7 Å². The maximum absolute atomic E-state index is 12.7. The average Bonchev–Trinajstić information content (AvgIpc) is 2.86. The fourth-order valence-corrected chi connectivity index (χ4v) is 5.15. The molecule has 0 bridgehead atoms. The van der Waals surface area contributed by atoms with Gasteiger partial charge in [0.2, 0.25) is 6.10 Å². The lowest BCUT2D eigenvalue weighted by atomic mass is 9.84. The van der Waals surface area contributed by atoms with Crippen molar-refractivity contribution in [3.05, 3.63) is 88.9 Å². The van der Waals surface area contributed by atoms with Gasteiger partial charge in [0, 0.05) is 20.4 Å². The zero-order valence-corrected chi connectivity index (χ0v) is 20.4. The largest absolute Gasteiger partial charge is 0.474 e. The Morgan fingerprint density at radius 1 is 0.909 bits per heavy atom. The number of carbonyl (C=O) groups excluding carboxylic acids is 1. The summed E-state index contributed by atoms with van der Waals surface area (Å²) in [4.78, 5) is 14.9. The first-order chi connectivity index (χ1) is 16.1. The van der Waals surface area contributed by atoms with Crippen molar-refractivity contribution in [2.75, 3.05) is 6.61 Å². The molecule has 3 aromatic carbocycles. The molecule has 1 unspecified atom stereocenters. The van der Waals surface area contributed by atoms with Crippen LogP contribution >= 0.6 is 23.4 Å². The van der Waals surface area contributed by atoms with Crippen molar-refractivity contribution in [3.8, 4) is 5.75 Å². The van der Waals surface area contributed by atoms with Gasteiger partial charge in [0.05, 0.1) is 6.61 Å². The number of hydrogen-bond donors (Lipinski definition) is 0. The molecular weight excluding hydrogens is 452 g/mol. The molecule has 1 atom stereocenters. The zero-order chi connectivity index (χ0) is 23.0. The Morgan fingerprint density at radius 2 is 1.52 bits per heavy atom. The van der Waals surface area contributed by atoms with Gasteiger partial charge in [0.15, 0.2) is 0 Å². The minimum Gasteiger partial charge on any atom is -0.474 e. The molecule has 0 N–H and O–H groups in total. The quantitative estimate of drug-likeness (QED) is 0.304. The van der Waals surface area contributed by atoms with E-state index < -0.39 is 6.10 Å². The number of ether oxygens (including phenoxy) is 2. The van der Waals surface area contributed by atoms with E-state index in [1.807, 2.05) is 60.7 Å². The van der Waals surface area contributed by atoms with Crippen molar-refractivity contribution in [3.63, 3.8) is 0 Å². The van der Waals surface area contributed by atoms with Crippen molar-refractivity contribution in [2.24, 2.45) is 0 Å². The van der Waals surface area contributed by atoms with Crippen molar-refractivity contribution in [1.82, 2.24) is 0 Å². The van der Waals surface area contributed by atoms with Crippen LogP contribution in [-0.2, 0) is 9.53 Å². The molecule has 0 amide bonds. The van der Waals surface area contributed by atoms with E-state index in [0.29, 0.717) is 18.3 Å². The molecule has 0 radical (unpaired) electrons. The van der Waals surface area contributed by atoms with Gasteiger partial charge in [-0.3, -0.25) is 0 Å². The molecule has 0 saturated heterocycles. The normalized spacial score (nSPS) is 15.1. The second-order valence-corrected chi connectivity index (χ2v) is 9.86. The van der Waals surface area contributed by atoms with Crippen LogP contribution < -0.4 is 4.74 Å². The Kier molecular flexibility index (Phi) is 8.35. The molecule has 5 heteroatoms. The van der Waals surface area contributed by atoms with Crippen LogP contribution in [0.5, 0.6) is 5.75 Å². The van der Waals surface area contributed by atoms with E-state index in [4.69, 9.17) is 21.1 Å². The Bertz CT molecular complexity index is 1030. The van der Waals surface area contributed by atoms with Gasteiger partial charge in [-0.25, -0.2) is 4.79 Å². The molecule has 1 saturated carbocycles. The van der Waals surface area contributed by atoms with E-state index in [0.717, 1.165) is 20.4 Å². The molecule has 3 aromatic rings. The maximum Gasteiger partial charge on any atom is 0.352 e. The van der Waals surface area contributed by atoms with Gasteiger partial charge in [-0.05, 0) is 79.8 Å². The molecule has 0 heterocycles. The lowest BCUT2D eigenvalue weighted by molar-refractivity contribution is -0.151. The second-order valence-electron chi connectivity index (χ2n) is 8.28. The van der Waals surface area contributed by atoms with E-state index in [2.05, 4.69) is 12.1 Å². The van der Waals surface area contributed by atoms with Crippen LogP contribution in [0.25, 0.3) is 0 Å². The molecule has 0 aliphatic heterocycles. The molecule has 4 rings (SSSR count). The first kappa shape index (κ1) is 23.7. The Labute approximate surface area is 205 Å². The third kappa shape index (κ3) is 6.55. The van der Waals surface area contributed by atoms with Crippen LogP contribution in [0.3, 0.4) is 0 Å². The minimum absolute atomic E-state index is 0.309. The molecular formula is C28H29ClO3S. The van der Waals surface area contributed by atoms with Gasteiger partial charge >= 0.3 is 5.97 Å². The summed E-state index contributed by atoms with van der Waals surface area (Å²) in [5.74, 6) is 0.929. The van der Waals surface area contributed by atoms with Crippen molar-refractivity contribution in [1.29, 1.82) is 0 Å². The minimum atomic E-state index is -0.805. The van der Waals surface area contributed by atoms with E-state index in [-0.39, 0.29) is 5.97 Å². The highest BCUT2D eigenvalue weighted by atomic mass is 35.5. The Morgan fingerprint density at radius 3 is 2.12 bits per heavy atom. The highest BCUT2D eigenvalue weighted by Gasteiger charge is 2.24. The predicted octanol–water partition coefficient (Wildman–Crippen LogP) is 8.22. The predicted molar refractivity (Wildman–Crippen MR) is 134 cm³/mol. The monoisotopic (exact) mass is 480 g/mol. The van der Waals surface area contributed by atoms with Gasteiger partial charge < -0.3 is 9.47 Å². The Hall–Kier alpha value is -2.43. The first-order valence-electron chi connectivity index (χ1n) is 11.6. The fraction of sp³-hybridized carbons (Fsp3) is 0.321. The SMILES string of the molecule is CCOC(=O)C(Oc1ccc(C2CCCCC2)cc1)c1ccc(Sc2ccc(Cl)cc2)cc1. The van der Waals surface area contributed by atoms with Crippen molar-refractivity contribution >= 4 is 29.3 Å². The summed E-state index contributed by atoms with van der Waals surface area (Å²) in [5.41, 5.74) is 2.13. The van der Waals surface area contributed by atoms with Crippen LogP contribution in [0.4, 0.5) is 0 Å².